The van der Waals surface area contributed by atoms with Crippen LogP contribution in [-0.4, -0.2) is 33.7 Å². The van der Waals surface area contributed by atoms with Gasteiger partial charge in [0.15, 0.2) is 0 Å². The van der Waals surface area contributed by atoms with Gasteiger partial charge in [0.2, 0.25) is 0 Å². The Kier molecular flexibility index (Phi) is 2.75. The lowest BCUT2D eigenvalue weighted by atomic mass is 9.92. The summed E-state index contributed by atoms with van der Waals surface area (Å²) in [4.78, 5) is 0. The molecule has 0 spiro atoms. The number of hydrogen-bond donors (Lipinski definition) is 0. The second-order valence-corrected chi connectivity index (χ2v) is 3.15. The second-order valence-electron chi connectivity index (χ2n) is 3.15. The molecule has 0 radical (unpaired) electrons. The smallest absolute Gasteiger partial charge is 0.139 e. The molecular formula is C7H15BO2. The van der Waals surface area contributed by atoms with Crippen LogP contribution in [-0.2, 0) is 9.47 Å². The number of hydrogen-bond acceptors (Lipinski definition) is 2. The minimum Gasteiger partial charge on any atom is -0.382 e. The van der Waals surface area contributed by atoms with Crippen LogP contribution in [0.3, 0.4) is 0 Å². The lowest BCUT2D eigenvalue weighted by Gasteiger charge is -2.12. The van der Waals surface area contributed by atoms with Crippen molar-refractivity contribution in [3.8, 4) is 0 Å². The Labute approximate surface area is 63.3 Å². The van der Waals surface area contributed by atoms with Gasteiger partial charge >= 0.3 is 0 Å². The van der Waals surface area contributed by atoms with E-state index >= 15 is 0 Å². The van der Waals surface area contributed by atoms with Gasteiger partial charge in [-0.05, 0) is 12.3 Å². The van der Waals surface area contributed by atoms with Gasteiger partial charge in [-0.2, -0.15) is 0 Å². The summed E-state index contributed by atoms with van der Waals surface area (Å²) in [5.41, 5.74) is 0. The maximum Gasteiger partial charge on any atom is 0.139 e. The van der Waals surface area contributed by atoms with E-state index in [1.54, 1.807) is 7.11 Å². The van der Waals surface area contributed by atoms with Crippen LogP contribution in [0.5, 0.6) is 0 Å². The van der Waals surface area contributed by atoms with Crippen molar-refractivity contribution in [2.45, 2.75) is 25.5 Å². The summed E-state index contributed by atoms with van der Waals surface area (Å²) in [6.07, 6.45) is 1.51. The van der Waals surface area contributed by atoms with E-state index in [0.29, 0.717) is 18.0 Å². The van der Waals surface area contributed by atoms with Crippen molar-refractivity contribution in [1.82, 2.24) is 0 Å². The molecule has 0 saturated carbocycles. The molecule has 58 valence electrons. The topological polar surface area (TPSA) is 18.5 Å². The summed E-state index contributed by atoms with van der Waals surface area (Å²) < 4.78 is 10.6. The van der Waals surface area contributed by atoms with Crippen molar-refractivity contribution in [1.29, 1.82) is 0 Å². The first-order chi connectivity index (χ1) is 4.74. The number of rotatable bonds is 2. The molecule has 0 aromatic carbocycles. The van der Waals surface area contributed by atoms with Gasteiger partial charge in [-0.25, -0.2) is 0 Å². The number of methoxy groups -OCH3 is 1. The fourth-order valence-electron chi connectivity index (χ4n) is 1.53. The zero-order valence-corrected chi connectivity index (χ0v) is 6.96. The molecule has 1 saturated heterocycles. The van der Waals surface area contributed by atoms with Gasteiger partial charge in [0.25, 0.3) is 0 Å². The number of ether oxygens (including phenoxy) is 2. The molecule has 0 aromatic rings. The van der Waals surface area contributed by atoms with Crippen molar-refractivity contribution in [3.05, 3.63) is 0 Å². The Morgan fingerprint density at radius 2 is 2.40 bits per heavy atom. The van der Waals surface area contributed by atoms with Crippen LogP contribution in [0.1, 0.15) is 13.3 Å². The summed E-state index contributed by atoms with van der Waals surface area (Å²) in [6, 6.07) is 0.426. The molecule has 1 fully saturated rings. The lowest BCUT2D eigenvalue weighted by molar-refractivity contribution is 0.0121. The zero-order chi connectivity index (χ0) is 7.56. The first-order valence-corrected chi connectivity index (χ1v) is 3.88. The fourth-order valence-corrected chi connectivity index (χ4v) is 1.53. The molecule has 0 bridgehead atoms. The van der Waals surface area contributed by atoms with Crippen LogP contribution in [0, 0.1) is 5.92 Å². The molecule has 0 N–H and O–H groups in total. The molecule has 0 aromatic heterocycles. The van der Waals surface area contributed by atoms with Crippen molar-refractivity contribution in [3.63, 3.8) is 0 Å². The highest BCUT2D eigenvalue weighted by Crippen LogP contribution is 2.24. The fraction of sp³-hybridized carbons (Fsp3) is 1.00. The molecule has 0 aliphatic carbocycles. The van der Waals surface area contributed by atoms with E-state index in [1.807, 2.05) is 0 Å². The van der Waals surface area contributed by atoms with Crippen LogP contribution in [0.2, 0.25) is 0 Å². The first-order valence-electron chi connectivity index (χ1n) is 3.88. The van der Waals surface area contributed by atoms with Crippen molar-refractivity contribution in [2.24, 2.45) is 5.92 Å². The van der Waals surface area contributed by atoms with E-state index in [1.165, 1.54) is 6.42 Å². The third-order valence-corrected chi connectivity index (χ3v) is 2.08. The average molecular weight is 142 g/mol. The Balaban J connectivity index is 2.31. The van der Waals surface area contributed by atoms with Crippen LogP contribution < -0.4 is 0 Å². The monoisotopic (exact) mass is 142 g/mol. The quantitative estimate of drug-likeness (QED) is 0.506. The molecular weight excluding hydrogens is 127 g/mol. The van der Waals surface area contributed by atoms with Crippen molar-refractivity contribution in [2.75, 3.05) is 13.7 Å². The zero-order valence-electron chi connectivity index (χ0n) is 6.96. The van der Waals surface area contributed by atoms with Gasteiger partial charge in [0.1, 0.15) is 7.85 Å². The van der Waals surface area contributed by atoms with Gasteiger partial charge < -0.3 is 9.47 Å². The third-order valence-electron chi connectivity index (χ3n) is 2.08. The Morgan fingerprint density at radius 1 is 1.70 bits per heavy atom. The maximum absolute atomic E-state index is 5.59. The Hall–Kier alpha value is -0.0151. The highest BCUT2D eigenvalue weighted by molar-refractivity contribution is 6.11. The van der Waals surface area contributed by atoms with Crippen LogP contribution in [0.4, 0.5) is 0 Å². The molecule has 1 rings (SSSR count). The van der Waals surface area contributed by atoms with Crippen LogP contribution in [0.25, 0.3) is 0 Å². The van der Waals surface area contributed by atoms with Gasteiger partial charge in [-0.15, -0.1) is 0 Å². The van der Waals surface area contributed by atoms with Gasteiger partial charge in [0, 0.05) is 13.1 Å². The summed E-state index contributed by atoms with van der Waals surface area (Å²) >= 11 is 0. The molecule has 1 heterocycles. The molecule has 3 atom stereocenters. The summed E-state index contributed by atoms with van der Waals surface area (Å²) in [6.45, 7) is 2.96. The first kappa shape index (κ1) is 8.09. The van der Waals surface area contributed by atoms with E-state index in [4.69, 9.17) is 9.47 Å². The SMILES string of the molecule is BC1CC(C)C(COC)O1. The molecule has 3 unspecified atom stereocenters. The van der Waals surface area contributed by atoms with E-state index in [-0.39, 0.29) is 0 Å². The van der Waals surface area contributed by atoms with E-state index in [2.05, 4.69) is 14.8 Å². The van der Waals surface area contributed by atoms with Crippen LogP contribution >= 0.6 is 0 Å². The second kappa shape index (κ2) is 3.40. The van der Waals surface area contributed by atoms with E-state index < -0.39 is 0 Å². The molecule has 1 aliphatic rings. The molecule has 1 aliphatic heterocycles. The predicted molar refractivity (Wildman–Crippen MR) is 42.9 cm³/mol. The van der Waals surface area contributed by atoms with Crippen molar-refractivity contribution >= 4 is 7.85 Å². The largest absolute Gasteiger partial charge is 0.382 e. The van der Waals surface area contributed by atoms with E-state index in [9.17, 15) is 0 Å². The summed E-state index contributed by atoms with van der Waals surface area (Å²) in [5, 5.41) is 0. The minimum atomic E-state index is 0.333. The molecule has 2 nitrogen and oxygen atoms in total. The van der Waals surface area contributed by atoms with Crippen molar-refractivity contribution < 1.29 is 9.47 Å². The lowest BCUT2D eigenvalue weighted by Crippen LogP contribution is -2.20. The Morgan fingerprint density at radius 3 is 2.80 bits per heavy atom. The average Bonchev–Trinajstić information content (AvgIpc) is 2.13. The van der Waals surface area contributed by atoms with Gasteiger partial charge in [0.05, 0.1) is 12.7 Å². The van der Waals surface area contributed by atoms with Crippen LogP contribution in [0.15, 0.2) is 0 Å². The predicted octanol–water partition coefficient (Wildman–Crippen LogP) is 0.0170. The highest BCUT2D eigenvalue weighted by Gasteiger charge is 2.28. The summed E-state index contributed by atoms with van der Waals surface area (Å²) in [7, 11) is 3.84. The Bertz CT molecular complexity index is 108. The summed E-state index contributed by atoms with van der Waals surface area (Å²) in [5.74, 6) is 0.662. The molecule has 10 heavy (non-hydrogen) atoms. The normalized spacial score (nSPS) is 40.4. The standard InChI is InChI=1S/C7H15BO2/c1-5-3-7(8)10-6(5)4-9-2/h5-7H,3-4,8H2,1-2H3. The van der Waals surface area contributed by atoms with Gasteiger partial charge in [-0.1, -0.05) is 6.92 Å². The third kappa shape index (κ3) is 1.73. The van der Waals surface area contributed by atoms with E-state index in [0.717, 1.165) is 6.61 Å². The minimum absolute atomic E-state index is 0.333. The molecule has 3 heteroatoms. The maximum atomic E-state index is 5.59. The highest BCUT2D eigenvalue weighted by atomic mass is 16.5. The molecule has 0 amide bonds. The van der Waals surface area contributed by atoms with Gasteiger partial charge in [-0.3, -0.25) is 0 Å².